The van der Waals surface area contributed by atoms with Crippen LogP contribution in [0, 0.1) is 6.92 Å². The van der Waals surface area contributed by atoms with Gasteiger partial charge in [-0.25, -0.2) is 4.79 Å². The standard InChI is InChI=1S/C21H23NO2S/c1-13(2)17-10-18-16(9-21(23)24-19(18)8-14(17)3)12-22-6-4-20-15(11-22)5-7-25-20/h5,7-10,13H,4,6,11-12H2,1-3H3. The minimum atomic E-state index is -0.257. The van der Waals surface area contributed by atoms with Gasteiger partial charge in [0.2, 0.25) is 0 Å². The van der Waals surface area contributed by atoms with E-state index in [4.69, 9.17) is 4.42 Å². The van der Waals surface area contributed by atoms with Gasteiger partial charge in [-0.2, -0.15) is 0 Å². The number of benzene rings is 1. The van der Waals surface area contributed by atoms with Crippen LogP contribution in [0.3, 0.4) is 0 Å². The third-order valence-corrected chi connectivity index (χ3v) is 6.14. The Balaban J connectivity index is 1.73. The lowest BCUT2D eigenvalue weighted by Gasteiger charge is -2.27. The molecule has 130 valence electrons. The second-order valence-electron chi connectivity index (χ2n) is 7.28. The zero-order valence-electron chi connectivity index (χ0n) is 15.0. The van der Waals surface area contributed by atoms with E-state index in [-0.39, 0.29) is 5.63 Å². The van der Waals surface area contributed by atoms with Crippen molar-refractivity contribution in [2.24, 2.45) is 0 Å². The SMILES string of the molecule is Cc1cc2oc(=O)cc(CN3CCc4sccc4C3)c2cc1C(C)C. The molecule has 0 unspecified atom stereocenters. The molecule has 3 nitrogen and oxygen atoms in total. The average Bonchev–Trinajstić information content (AvgIpc) is 3.01. The fourth-order valence-electron chi connectivity index (χ4n) is 3.83. The number of nitrogens with zero attached hydrogens (tertiary/aromatic N) is 1. The predicted molar refractivity (Wildman–Crippen MR) is 103 cm³/mol. The van der Waals surface area contributed by atoms with Gasteiger partial charge in [-0.15, -0.1) is 11.3 Å². The topological polar surface area (TPSA) is 33.5 Å². The quantitative estimate of drug-likeness (QED) is 0.632. The molecule has 1 aromatic carbocycles. The van der Waals surface area contributed by atoms with Gasteiger partial charge >= 0.3 is 5.63 Å². The van der Waals surface area contributed by atoms with Gasteiger partial charge in [-0.3, -0.25) is 4.90 Å². The highest BCUT2D eigenvalue weighted by Crippen LogP contribution is 2.29. The second-order valence-corrected chi connectivity index (χ2v) is 8.28. The van der Waals surface area contributed by atoms with Crippen molar-refractivity contribution >= 4 is 22.3 Å². The normalized spacial score (nSPS) is 15.0. The van der Waals surface area contributed by atoms with Crippen molar-refractivity contribution in [3.63, 3.8) is 0 Å². The Bertz CT molecular complexity index is 983. The summed E-state index contributed by atoms with van der Waals surface area (Å²) in [5.74, 6) is 0.451. The van der Waals surface area contributed by atoms with E-state index >= 15 is 0 Å². The molecule has 0 saturated carbocycles. The van der Waals surface area contributed by atoms with Gasteiger partial charge in [-0.1, -0.05) is 13.8 Å². The molecule has 4 rings (SSSR count). The predicted octanol–water partition coefficient (Wildman–Crippen LogP) is 4.84. The Kier molecular flexibility index (Phi) is 4.26. The van der Waals surface area contributed by atoms with E-state index in [1.54, 1.807) is 6.07 Å². The molecule has 0 spiro atoms. The molecule has 1 aliphatic rings. The van der Waals surface area contributed by atoms with Crippen LogP contribution in [0.2, 0.25) is 0 Å². The zero-order valence-corrected chi connectivity index (χ0v) is 15.8. The Labute approximate surface area is 151 Å². The maximum atomic E-state index is 12.0. The third kappa shape index (κ3) is 3.16. The molecule has 0 radical (unpaired) electrons. The third-order valence-electron chi connectivity index (χ3n) is 5.12. The number of hydrogen-bond donors (Lipinski definition) is 0. The molecule has 0 N–H and O–H groups in total. The summed E-state index contributed by atoms with van der Waals surface area (Å²) >= 11 is 1.85. The molecule has 1 aliphatic heterocycles. The minimum Gasteiger partial charge on any atom is -0.423 e. The Hall–Kier alpha value is -1.91. The first-order chi connectivity index (χ1) is 12.0. The van der Waals surface area contributed by atoms with Crippen molar-refractivity contribution in [1.29, 1.82) is 0 Å². The summed E-state index contributed by atoms with van der Waals surface area (Å²) in [7, 11) is 0. The van der Waals surface area contributed by atoms with Crippen molar-refractivity contribution in [3.05, 3.63) is 67.2 Å². The molecule has 25 heavy (non-hydrogen) atoms. The summed E-state index contributed by atoms with van der Waals surface area (Å²) in [5, 5.41) is 3.25. The van der Waals surface area contributed by atoms with Gasteiger partial charge < -0.3 is 4.42 Å². The number of thiophene rings is 1. The highest BCUT2D eigenvalue weighted by Gasteiger charge is 2.19. The summed E-state index contributed by atoms with van der Waals surface area (Å²) in [6.45, 7) is 9.29. The minimum absolute atomic E-state index is 0.257. The first kappa shape index (κ1) is 16.6. The molecular formula is C21H23NO2S. The summed E-state index contributed by atoms with van der Waals surface area (Å²) < 4.78 is 5.48. The summed E-state index contributed by atoms with van der Waals surface area (Å²) in [6, 6.07) is 8.13. The van der Waals surface area contributed by atoms with Gasteiger partial charge in [0.1, 0.15) is 5.58 Å². The first-order valence-electron chi connectivity index (χ1n) is 8.86. The summed E-state index contributed by atoms with van der Waals surface area (Å²) in [4.78, 5) is 16.0. The summed E-state index contributed by atoms with van der Waals surface area (Å²) in [5.41, 5.74) is 5.46. The van der Waals surface area contributed by atoms with Crippen molar-refractivity contribution < 1.29 is 4.42 Å². The van der Waals surface area contributed by atoms with Crippen LogP contribution < -0.4 is 5.63 Å². The molecular weight excluding hydrogens is 330 g/mol. The molecule has 0 bridgehead atoms. The lowest BCUT2D eigenvalue weighted by molar-refractivity contribution is 0.248. The van der Waals surface area contributed by atoms with Crippen LogP contribution >= 0.6 is 11.3 Å². The van der Waals surface area contributed by atoms with E-state index < -0.39 is 0 Å². The lowest BCUT2D eigenvalue weighted by atomic mass is 9.94. The highest BCUT2D eigenvalue weighted by atomic mass is 32.1. The van der Waals surface area contributed by atoms with Crippen molar-refractivity contribution in [3.8, 4) is 0 Å². The smallest absolute Gasteiger partial charge is 0.336 e. The van der Waals surface area contributed by atoms with Crippen LogP contribution in [0.5, 0.6) is 0 Å². The van der Waals surface area contributed by atoms with E-state index in [0.717, 1.165) is 37.0 Å². The van der Waals surface area contributed by atoms with Crippen LogP contribution in [0.15, 0.2) is 38.9 Å². The molecule has 4 heteroatoms. The molecule has 0 fully saturated rings. The van der Waals surface area contributed by atoms with Gasteiger partial charge in [0, 0.05) is 36.0 Å². The second kappa shape index (κ2) is 6.43. The Morgan fingerprint density at radius 3 is 2.92 bits per heavy atom. The zero-order chi connectivity index (χ0) is 17.6. The fourth-order valence-corrected chi connectivity index (χ4v) is 4.72. The molecule has 0 aliphatic carbocycles. The van der Waals surface area contributed by atoms with Gasteiger partial charge in [-0.05, 0) is 65.1 Å². The molecule has 3 aromatic rings. The fraction of sp³-hybridized carbons (Fsp3) is 0.381. The molecule has 0 saturated heterocycles. The molecule has 2 aromatic heterocycles. The number of fused-ring (bicyclic) bond motifs is 2. The van der Waals surface area contributed by atoms with Gasteiger partial charge in [0.15, 0.2) is 0 Å². The average molecular weight is 353 g/mol. The molecule has 0 amide bonds. The Morgan fingerprint density at radius 1 is 1.28 bits per heavy atom. The highest BCUT2D eigenvalue weighted by molar-refractivity contribution is 7.10. The van der Waals surface area contributed by atoms with Crippen LogP contribution in [0.4, 0.5) is 0 Å². The largest absolute Gasteiger partial charge is 0.423 e. The van der Waals surface area contributed by atoms with E-state index in [0.29, 0.717) is 11.5 Å². The Morgan fingerprint density at radius 2 is 2.12 bits per heavy atom. The number of aryl methyl sites for hydroxylation is 1. The monoisotopic (exact) mass is 353 g/mol. The number of hydrogen-bond acceptors (Lipinski definition) is 4. The van der Waals surface area contributed by atoms with E-state index in [1.807, 2.05) is 17.4 Å². The van der Waals surface area contributed by atoms with Crippen LogP contribution in [-0.4, -0.2) is 11.4 Å². The first-order valence-corrected chi connectivity index (χ1v) is 9.74. The van der Waals surface area contributed by atoms with Crippen LogP contribution in [-0.2, 0) is 19.5 Å². The van der Waals surface area contributed by atoms with E-state index in [1.165, 1.54) is 21.6 Å². The number of rotatable bonds is 3. The van der Waals surface area contributed by atoms with E-state index in [9.17, 15) is 4.79 Å². The van der Waals surface area contributed by atoms with Gasteiger partial charge in [0.25, 0.3) is 0 Å². The van der Waals surface area contributed by atoms with Crippen LogP contribution in [0.25, 0.3) is 11.0 Å². The molecule has 3 heterocycles. The van der Waals surface area contributed by atoms with Crippen molar-refractivity contribution in [1.82, 2.24) is 4.90 Å². The van der Waals surface area contributed by atoms with E-state index in [2.05, 4.69) is 43.2 Å². The van der Waals surface area contributed by atoms with Crippen LogP contribution in [0.1, 0.15) is 46.9 Å². The van der Waals surface area contributed by atoms with Crippen molar-refractivity contribution in [2.45, 2.75) is 46.2 Å². The van der Waals surface area contributed by atoms with Gasteiger partial charge in [0.05, 0.1) is 0 Å². The maximum absolute atomic E-state index is 12.0. The van der Waals surface area contributed by atoms with Crippen molar-refractivity contribution in [2.75, 3.05) is 6.54 Å². The lowest BCUT2D eigenvalue weighted by Crippen LogP contribution is -2.29. The molecule has 0 atom stereocenters. The maximum Gasteiger partial charge on any atom is 0.336 e. The summed E-state index contributed by atoms with van der Waals surface area (Å²) in [6.07, 6.45) is 1.10.